The van der Waals surface area contributed by atoms with Gasteiger partial charge in [-0.3, -0.25) is 5.32 Å². The lowest BCUT2D eigenvalue weighted by Crippen LogP contribution is -2.51. The molecule has 2 fully saturated rings. The molecule has 2 saturated heterocycles. The predicted molar refractivity (Wildman–Crippen MR) is 29.6 cm³/mol. The Labute approximate surface area is 48.4 Å². The van der Waals surface area contributed by atoms with E-state index in [1.54, 1.807) is 0 Å². The molecule has 2 aliphatic rings. The first-order valence-corrected chi connectivity index (χ1v) is 3.01. The van der Waals surface area contributed by atoms with E-state index in [2.05, 4.69) is 10.6 Å². The van der Waals surface area contributed by atoms with Crippen molar-refractivity contribution in [3.8, 4) is 0 Å². The van der Waals surface area contributed by atoms with Gasteiger partial charge in [0.2, 0.25) is 0 Å². The fourth-order valence-electron chi connectivity index (χ4n) is 1.02. The lowest BCUT2D eigenvalue weighted by Gasteiger charge is -2.20. The topological polar surface area (TPSA) is 36.6 Å². The Bertz CT molecular complexity index is 92.6. The summed E-state index contributed by atoms with van der Waals surface area (Å²) in [4.78, 5) is 0. The predicted octanol–water partition coefficient (Wildman–Crippen LogP) is -1.09. The average molecular weight is 114 g/mol. The molecule has 0 saturated carbocycles. The molecular formula is C5H10N2O. The number of ether oxygens (including phenoxy) is 1. The van der Waals surface area contributed by atoms with E-state index in [0.717, 1.165) is 26.2 Å². The molecule has 1 unspecified atom stereocenters. The van der Waals surface area contributed by atoms with Gasteiger partial charge >= 0.3 is 0 Å². The van der Waals surface area contributed by atoms with Gasteiger partial charge in [-0.15, -0.1) is 0 Å². The molecule has 0 amide bonds. The van der Waals surface area contributed by atoms with Gasteiger partial charge < -0.3 is 10.1 Å². The Balaban J connectivity index is 1.95. The maximum absolute atomic E-state index is 5.16. The first-order chi connectivity index (χ1) is 3.91. The third-order valence-electron chi connectivity index (χ3n) is 1.65. The Hall–Kier alpha value is -0.120. The van der Waals surface area contributed by atoms with E-state index in [4.69, 9.17) is 4.74 Å². The minimum absolute atomic E-state index is 0.0677. The van der Waals surface area contributed by atoms with Gasteiger partial charge in [0.1, 0.15) is 0 Å². The van der Waals surface area contributed by atoms with Crippen molar-refractivity contribution < 1.29 is 4.74 Å². The summed E-state index contributed by atoms with van der Waals surface area (Å²) in [7, 11) is 0. The quantitative estimate of drug-likeness (QED) is 0.393. The summed E-state index contributed by atoms with van der Waals surface area (Å²) in [5.41, 5.74) is 0.0677. The van der Waals surface area contributed by atoms with Gasteiger partial charge in [-0.2, -0.15) is 0 Å². The highest BCUT2D eigenvalue weighted by atomic mass is 16.6. The summed E-state index contributed by atoms with van der Waals surface area (Å²) in [6, 6.07) is 0. The van der Waals surface area contributed by atoms with Crippen LogP contribution >= 0.6 is 0 Å². The number of piperazine rings is 1. The van der Waals surface area contributed by atoms with Gasteiger partial charge in [-0.25, -0.2) is 0 Å². The number of rotatable bonds is 0. The van der Waals surface area contributed by atoms with Crippen LogP contribution in [0.5, 0.6) is 0 Å². The zero-order chi connectivity index (χ0) is 5.45. The Morgan fingerprint density at radius 3 is 2.62 bits per heavy atom. The van der Waals surface area contributed by atoms with E-state index < -0.39 is 0 Å². The summed E-state index contributed by atoms with van der Waals surface area (Å²) in [5.74, 6) is 0. The van der Waals surface area contributed by atoms with E-state index in [-0.39, 0.29) is 5.72 Å². The molecule has 0 bridgehead atoms. The van der Waals surface area contributed by atoms with Crippen molar-refractivity contribution in [2.75, 3.05) is 26.2 Å². The Kier molecular flexibility index (Phi) is 0.848. The molecule has 2 heterocycles. The molecule has 0 aromatic rings. The molecule has 1 spiro atoms. The van der Waals surface area contributed by atoms with Crippen LogP contribution in [0.4, 0.5) is 0 Å². The molecule has 2 rings (SSSR count). The third kappa shape index (κ3) is 0.632. The number of hydrogen-bond donors (Lipinski definition) is 2. The van der Waals surface area contributed by atoms with Crippen molar-refractivity contribution in [1.82, 2.24) is 10.6 Å². The van der Waals surface area contributed by atoms with Crippen LogP contribution in [0.25, 0.3) is 0 Å². The second-order valence-corrected chi connectivity index (χ2v) is 2.39. The molecule has 3 nitrogen and oxygen atoms in total. The van der Waals surface area contributed by atoms with Gasteiger partial charge in [0.15, 0.2) is 5.72 Å². The number of nitrogens with one attached hydrogen (secondary N) is 2. The average Bonchev–Trinajstić information content (AvgIpc) is 2.52. The first-order valence-electron chi connectivity index (χ1n) is 3.01. The van der Waals surface area contributed by atoms with Gasteiger partial charge in [0.05, 0.1) is 6.61 Å². The first kappa shape index (κ1) is 4.73. The van der Waals surface area contributed by atoms with Crippen LogP contribution < -0.4 is 10.6 Å². The van der Waals surface area contributed by atoms with Crippen LogP contribution in [0.3, 0.4) is 0 Å². The molecule has 1 atom stereocenters. The zero-order valence-corrected chi connectivity index (χ0v) is 4.74. The van der Waals surface area contributed by atoms with E-state index in [9.17, 15) is 0 Å². The second-order valence-electron chi connectivity index (χ2n) is 2.39. The highest BCUT2D eigenvalue weighted by molar-refractivity contribution is 4.94. The Morgan fingerprint density at radius 2 is 2.25 bits per heavy atom. The standard InChI is InChI=1S/C5H10N2O/c1-2-7-5(3-6-1)4-8-5/h6-7H,1-4H2. The van der Waals surface area contributed by atoms with Crippen LogP contribution in [0, 0.1) is 0 Å². The van der Waals surface area contributed by atoms with Gasteiger partial charge in [0, 0.05) is 19.6 Å². The van der Waals surface area contributed by atoms with E-state index in [0.29, 0.717) is 0 Å². The fraction of sp³-hybridized carbons (Fsp3) is 1.00. The van der Waals surface area contributed by atoms with Gasteiger partial charge in [0.25, 0.3) is 0 Å². The minimum atomic E-state index is 0.0677. The maximum Gasteiger partial charge on any atom is 0.155 e. The van der Waals surface area contributed by atoms with Crippen molar-refractivity contribution in [3.05, 3.63) is 0 Å². The largest absolute Gasteiger partial charge is 0.352 e. The monoisotopic (exact) mass is 114 g/mol. The molecule has 0 aliphatic carbocycles. The van der Waals surface area contributed by atoms with Crippen LogP contribution in [-0.4, -0.2) is 32.0 Å². The molecule has 0 radical (unpaired) electrons. The maximum atomic E-state index is 5.16. The smallest absolute Gasteiger partial charge is 0.155 e. The van der Waals surface area contributed by atoms with Gasteiger partial charge in [-0.1, -0.05) is 0 Å². The molecule has 0 aromatic heterocycles. The van der Waals surface area contributed by atoms with Gasteiger partial charge in [-0.05, 0) is 0 Å². The van der Waals surface area contributed by atoms with Crippen molar-refractivity contribution in [3.63, 3.8) is 0 Å². The minimum Gasteiger partial charge on any atom is -0.352 e. The van der Waals surface area contributed by atoms with Crippen molar-refractivity contribution in [1.29, 1.82) is 0 Å². The van der Waals surface area contributed by atoms with Crippen LogP contribution in [0.15, 0.2) is 0 Å². The number of hydrogen-bond acceptors (Lipinski definition) is 3. The molecule has 2 N–H and O–H groups in total. The summed E-state index contributed by atoms with van der Waals surface area (Å²) >= 11 is 0. The van der Waals surface area contributed by atoms with Crippen molar-refractivity contribution in [2.45, 2.75) is 5.72 Å². The normalized spacial score (nSPS) is 45.0. The van der Waals surface area contributed by atoms with E-state index in [1.807, 2.05) is 0 Å². The summed E-state index contributed by atoms with van der Waals surface area (Å²) < 4.78 is 5.16. The van der Waals surface area contributed by atoms with E-state index in [1.165, 1.54) is 0 Å². The SMILES string of the molecule is C1CNC2(CN1)CO2. The fourth-order valence-corrected chi connectivity index (χ4v) is 1.02. The molecule has 0 aromatic carbocycles. The van der Waals surface area contributed by atoms with Crippen LogP contribution in [0.2, 0.25) is 0 Å². The lowest BCUT2D eigenvalue weighted by atomic mass is 10.3. The number of epoxide rings is 1. The lowest BCUT2D eigenvalue weighted by molar-refractivity contribution is 0.225. The summed E-state index contributed by atoms with van der Waals surface area (Å²) in [6.07, 6.45) is 0. The Morgan fingerprint density at radius 1 is 1.38 bits per heavy atom. The second kappa shape index (κ2) is 1.43. The molecule has 46 valence electrons. The molecule has 8 heavy (non-hydrogen) atoms. The highest BCUT2D eigenvalue weighted by Crippen LogP contribution is 2.22. The molecule has 3 heteroatoms. The summed E-state index contributed by atoms with van der Waals surface area (Å²) in [6.45, 7) is 3.98. The zero-order valence-electron chi connectivity index (χ0n) is 4.74. The summed E-state index contributed by atoms with van der Waals surface area (Å²) in [5, 5.41) is 6.53. The molecule has 2 aliphatic heterocycles. The van der Waals surface area contributed by atoms with E-state index >= 15 is 0 Å². The third-order valence-corrected chi connectivity index (χ3v) is 1.65. The highest BCUT2D eigenvalue weighted by Gasteiger charge is 2.45. The van der Waals surface area contributed by atoms with Crippen molar-refractivity contribution in [2.24, 2.45) is 0 Å². The van der Waals surface area contributed by atoms with Crippen LogP contribution in [0.1, 0.15) is 0 Å². The van der Waals surface area contributed by atoms with Crippen LogP contribution in [-0.2, 0) is 4.74 Å². The molecular weight excluding hydrogens is 104 g/mol. The van der Waals surface area contributed by atoms with Crippen molar-refractivity contribution >= 4 is 0 Å².